The molecule has 1 rings (SSSR count). The van der Waals surface area contributed by atoms with Gasteiger partial charge in [-0.1, -0.05) is 41.7 Å². The zero-order chi connectivity index (χ0) is 14.6. The molecule has 0 heterocycles. The summed E-state index contributed by atoms with van der Waals surface area (Å²) in [5, 5.41) is 21.3. The number of phenols is 1. The highest BCUT2D eigenvalue weighted by atomic mass is 35.5. The SMILES string of the molecule is CCC(CCO)NC(=O)c1c(O)c(Cl)cc(Cl)c1Cl. The maximum atomic E-state index is 12.1. The largest absolute Gasteiger partial charge is 0.505 e. The molecule has 7 heteroatoms. The molecule has 0 aromatic heterocycles. The second kappa shape index (κ2) is 7.20. The van der Waals surface area contributed by atoms with Crippen LogP contribution in [0.15, 0.2) is 6.07 Å². The molecule has 0 radical (unpaired) electrons. The second-order valence-electron chi connectivity index (χ2n) is 3.97. The zero-order valence-corrected chi connectivity index (χ0v) is 12.5. The van der Waals surface area contributed by atoms with Crippen LogP contribution in [-0.4, -0.2) is 28.8 Å². The molecule has 106 valence electrons. The maximum absolute atomic E-state index is 12.1. The Kier molecular flexibility index (Phi) is 6.20. The Morgan fingerprint density at radius 1 is 1.37 bits per heavy atom. The van der Waals surface area contributed by atoms with Crippen molar-refractivity contribution in [2.45, 2.75) is 25.8 Å². The topological polar surface area (TPSA) is 69.6 Å². The summed E-state index contributed by atoms with van der Waals surface area (Å²) in [5.41, 5.74) is -0.157. The van der Waals surface area contributed by atoms with Crippen LogP contribution >= 0.6 is 34.8 Å². The van der Waals surface area contributed by atoms with Gasteiger partial charge in [-0.2, -0.15) is 0 Å². The van der Waals surface area contributed by atoms with Gasteiger partial charge in [-0.15, -0.1) is 0 Å². The smallest absolute Gasteiger partial charge is 0.256 e. The van der Waals surface area contributed by atoms with Crippen molar-refractivity contribution in [1.29, 1.82) is 0 Å². The van der Waals surface area contributed by atoms with E-state index >= 15 is 0 Å². The van der Waals surface area contributed by atoms with E-state index in [-0.39, 0.29) is 33.3 Å². The van der Waals surface area contributed by atoms with Crippen molar-refractivity contribution in [3.63, 3.8) is 0 Å². The van der Waals surface area contributed by atoms with Crippen LogP contribution in [0.5, 0.6) is 5.75 Å². The highest BCUT2D eigenvalue weighted by Crippen LogP contribution is 2.38. The molecule has 0 spiro atoms. The number of amides is 1. The van der Waals surface area contributed by atoms with Crippen LogP contribution in [0.4, 0.5) is 0 Å². The fourth-order valence-electron chi connectivity index (χ4n) is 1.58. The van der Waals surface area contributed by atoms with Crippen molar-refractivity contribution in [2.24, 2.45) is 0 Å². The quantitative estimate of drug-likeness (QED) is 0.728. The molecule has 1 unspecified atom stereocenters. The van der Waals surface area contributed by atoms with Gasteiger partial charge in [0.25, 0.3) is 5.91 Å². The fourth-order valence-corrected chi connectivity index (χ4v) is 2.28. The predicted molar refractivity (Wildman–Crippen MR) is 76.4 cm³/mol. The molecule has 1 atom stereocenters. The summed E-state index contributed by atoms with van der Waals surface area (Å²) >= 11 is 17.5. The number of aliphatic hydroxyl groups is 1. The summed E-state index contributed by atoms with van der Waals surface area (Å²) in [5.74, 6) is -0.986. The number of carbonyl (C=O) groups excluding carboxylic acids is 1. The number of nitrogens with one attached hydrogen (secondary N) is 1. The number of aliphatic hydroxyl groups excluding tert-OH is 1. The van der Waals surface area contributed by atoms with Gasteiger partial charge in [0.15, 0.2) is 0 Å². The lowest BCUT2D eigenvalue weighted by Gasteiger charge is -2.17. The van der Waals surface area contributed by atoms with Crippen molar-refractivity contribution < 1.29 is 15.0 Å². The summed E-state index contributed by atoms with van der Waals surface area (Å²) in [6.45, 7) is 1.82. The minimum atomic E-state index is -0.577. The number of aromatic hydroxyl groups is 1. The van der Waals surface area contributed by atoms with Gasteiger partial charge in [0.05, 0.1) is 15.1 Å². The number of phenolic OH excluding ortho intramolecular Hbond substituents is 1. The Balaban J connectivity index is 3.06. The summed E-state index contributed by atoms with van der Waals surface area (Å²) in [4.78, 5) is 12.1. The molecule has 0 fully saturated rings. The summed E-state index contributed by atoms with van der Waals surface area (Å²) in [7, 11) is 0. The van der Waals surface area contributed by atoms with E-state index in [1.54, 1.807) is 0 Å². The molecular weight excluding hydrogens is 312 g/mol. The van der Waals surface area contributed by atoms with Crippen LogP contribution in [0.3, 0.4) is 0 Å². The molecular formula is C12H14Cl3NO3. The van der Waals surface area contributed by atoms with Crippen molar-refractivity contribution in [1.82, 2.24) is 5.32 Å². The van der Waals surface area contributed by atoms with Crippen LogP contribution in [0.2, 0.25) is 15.1 Å². The van der Waals surface area contributed by atoms with E-state index in [0.29, 0.717) is 12.8 Å². The molecule has 1 aromatic carbocycles. The van der Waals surface area contributed by atoms with Crippen LogP contribution in [0, 0.1) is 0 Å². The highest BCUT2D eigenvalue weighted by molar-refractivity contribution is 6.45. The van der Waals surface area contributed by atoms with Gasteiger partial charge < -0.3 is 15.5 Å². The minimum Gasteiger partial charge on any atom is -0.505 e. The molecule has 0 aliphatic rings. The summed E-state index contributed by atoms with van der Waals surface area (Å²) in [6, 6.07) is 1.05. The molecule has 1 amide bonds. The normalized spacial score (nSPS) is 12.3. The first-order valence-corrected chi connectivity index (χ1v) is 6.83. The highest BCUT2D eigenvalue weighted by Gasteiger charge is 2.22. The van der Waals surface area contributed by atoms with Crippen LogP contribution < -0.4 is 5.32 Å². The first-order valence-electron chi connectivity index (χ1n) is 5.70. The van der Waals surface area contributed by atoms with Crippen LogP contribution in [0.1, 0.15) is 30.1 Å². The lowest BCUT2D eigenvalue weighted by atomic mass is 10.1. The lowest BCUT2D eigenvalue weighted by molar-refractivity contribution is 0.0926. The van der Waals surface area contributed by atoms with Crippen LogP contribution in [-0.2, 0) is 0 Å². The number of halogens is 3. The summed E-state index contributed by atoms with van der Waals surface area (Å²) in [6.07, 6.45) is 1.05. The minimum absolute atomic E-state index is 0.0465. The van der Waals surface area contributed by atoms with Crippen molar-refractivity contribution in [3.8, 4) is 5.75 Å². The van der Waals surface area contributed by atoms with E-state index in [2.05, 4.69) is 5.32 Å². The predicted octanol–water partition coefficient (Wildman–Crippen LogP) is 3.24. The van der Waals surface area contributed by atoms with Gasteiger partial charge in [0, 0.05) is 12.6 Å². The van der Waals surface area contributed by atoms with E-state index in [0.717, 1.165) is 0 Å². The van der Waals surface area contributed by atoms with Gasteiger partial charge in [0.2, 0.25) is 0 Å². The molecule has 0 saturated carbocycles. The Morgan fingerprint density at radius 3 is 2.53 bits per heavy atom. The third-order valence-electron chi connectivity index (χ3n) is 2.68. The zero-order valence-electron chi connectivity index (χ0n) is 10.2. The molecule has 4 nitrogen and oxygen atoms in total. The molecule has 3 N–H and O–H groups in total. The van der Waals surface area contributed by atoms with Gasteiger partial charge in [-0.05, 0) is 18.9 Å². The molecule has 1 aromatic rings. The van der Waals surface area contributed by atoms with E-state index in [1.165, 1.54) is 6.07 Å². The first-order chi connectivity index (χ1) is 8.92. The number of rotatable bonds is 5. The molecule has 0 aliphatic carbocycles. The molecule has 19 heavy (non-hydrogen) atoms. The average molecular weight is 327 g/mol. The van der Waals surface area contributed by atoms with Crippen molar-refractivity contribution in [2.75, 3.05) is 6.61 Å². The van der Waals surface area contributed by atoms with Crippen LogP contribution in [0.25, 0.3) is 0 Å². The molecule has 0 aliphatic heterocycles. The van der Waals surface area contributed by atoms with Gasteiger partial charge in [-0.3, -0.25) is 4.79 Å². The Labute approximate surface area is 126 Å². The summed E-state index contributed by atoms with van der Waals surface area (Å²) < 4.78 is 0. The molecule has 0 saturated heterocycles. The van der Waals surface area contributed by atoms with Gasteiger partial charge in [-0.25, -0.2) is 0 Å². The van der Waals surface area contributed by atoms with E-state index in [4.69, 9.17) is 39.9 Å². The van der Waals surface area contributed by atoms with Crippen molar-refractivity contribution in [3.05, 3.63) is 26.7 Å². The van der Waals surface area contributed by atoms with E-state index in [9.17, 15) is 9.90 Å². The van der Waals surface area contributed by atoms with Crippen molar-refractivity contribution >= 4 is 40.7 Å². The molecule has 0 bridgehead atoms. The number of benzene rings is 1. The van der Waals surface area contributed by atoms with Gasteiger partial charge in [0.1, 0.15) is 11.3 Å². The Hall–Kier alpha value is -0.680. The third-order valence-corrected chi connectivity index (χ3v) is 3.75. The van der Waals surface area contributed by atoms with E-state index < -0.39 is 11.7 Å². The number of carbonyl (C=O) groups is 1. The number of hydrogen-bond acceptors (Lipinski definition) is 3. The standard InChI is InChI=1S/C12H14Cl3NO3/c1-2-6(3-4-17)16-12(19)9-10(15)7(13)5-8(14)11(9)18/h5-6,17-18H,2-4H2,1H3,(H,16,19). The average Bonchev–Trinajstić information content (AvgIpc) is 2.36. The fraction of sp³-hybridized carbons (Fsp3) is 0.417. The first kappa shape index (κ1) is 16.4. The second-order valence-corrected chi connectivity index (χ2v) is 5.16. The Bertz CT molecular complexity index is 454. The van der Waals surface area contributed by atoms with E-state index in [1.807, 2.05) is 6.92 Å². The number of hydrogen-bond donors (Lipinski definition) is 3. The monoisotopic (exact) mass is 325 g/mol. The van der Waals surface area contributed by atoms with Gasteiger partial charge >= 0.3 is 0 Å². The Morgan fingerprint density at radius 2 is 2.00 bits per heavy atom. The third kappa shape index (κ3) is 3.89. The lowest BCUT2D eigenvalue weighted by Crippen LogP contribution is -2.35. The maximum Gasteiger partial charge on any atom is 0.256 e.